The quantitative estimate of drug-likeness (QED) is 0.305. The third-order valence-corrected chi connectivity index (χ3v) is 5.03. The summed E-state index contributed by atoms with van der Waals surface area (Å²) in [6.45, 7) is 4.13. The van der Waals surface area contributed by atoms with Gasteiger partial charge in [-0.1, -0.05) is 52.4 Å². The molecule has 0 aliphatic heterocycles. The summed E-state index contributed by atoms with van der Waals surface area (Å²) in [5.41, 5.74) is 0. The van der Waals surface area contributed by atoms with Crippen molar-refractivity contribution >= 4 is 10.1 Å². The molecule has 0 spiro atoms. The number of aliphatic hydroxyl groups is 1. The van der Waals surface area contributed by atoms with E-state index < -0.39 is 15.4 Å². The third kappa shape index (κ3) is 14.2. The van der Waals surface area contributed by atoms with E-state index >= 15 is 0 Å². The van der Waals surface area contributed by atoms with E-state index in [1.54, 1.807) is 0 Å². The van der Waals surface area contributed by atoms with Crippen molar-refractivity contribution in [1.29, 1.82) is 0 Å². The molecule has 0 aromatic heterocycles. The van der Waals surface area contributed by atoms with Gasteiger partial charge in [-0.2, -0.15) is 0 Å². The minimum absolute atomic E-state index is 0. The van der Waals surface area contributed by atoms with Crippen LogP contribution in [0.5, 0.6) is 0 Å². The van der Waals surface area contributed by atoms with Crippen LogP contribution < -0.4 is 29.6 Å². The van der Waals surface area contributed by atoms with E-state index in [1.165, 1.54) is 12.8 Å². The molecular formula is C15H31NaO4S. The molecule has 0 fully saturated rings. The Balaban J connectivity index is 0. The zero-order valence-electron chi connectivity index (χ0n) is 14.0. The summed E-state index contributed by atoms with van der Waals surface area (Å²) in [5, 5.41) is 9.04. The maximum atomic E-state index is 11.1. The molecule has 0 aliphatic rings. The van der Waals surface area contributed by atoms with E-state index in [-0.39, 0.29) is 35.7 Å². The van der Waals surface area contributed by atoms with Crippen molar-refractivity contribution in [2.24, 2.45) is 0 Å². The second-order valence-electron chi connectivity index (χ2n) is 5.69. The minimum atomic E-state index is -4.19. The van der Waals surface area contributed by atoms with Crippen LogP contribution in [0, 0.1) is 0 Å². The van der Waals surface area contributed by atoms with Crippen LogP contribution in [0.15, 0.2) is 0 Å². The summed E-state index contributed by atoms with van der Waals surface area (Å²) >= 11 is 0. The van der Waals surface area contributed by atoms with Crippen molar-refractivity contribution in [1.82, 2.24) is 0 Å². The van der Waals surface area contributed by atoms with Crippen LogP contribution in [-0.4, -0.2) is 29.4 Å². The molecule has 6 heteroatoms. The second-order valence-corrected chi connectivity index (χ2v) is 7.34. The molecule has 0 saturated carbocycles. The van der Waals surface area contributed by atoms with Gasteiger partial charge in [-0.05, 0) is 32.1 Å². The Kier molecular flexibility index (Phi) is 16.6. The standard InChI is InChI=1S/C15H32O4S.Na/c1-3-5-7-8-10-14(16)11-9-13-15(12-6-4-2)20(17,18)19;/h14-16H,3-13H2,1-2H3,(H,17,18,19);/q;+1/p-1. The fraction of sp³-hybridized carbons (Fsp3) is 1.00. The fourth-order valence-electron chi connectivity index (χ4n) is 2.40. The zero-order chi connectivity index (χ0) is 15.4. The summed E-state index contributed by atoms with van der Waals surface area (Å²) in [4.78, 5) is 0. The fourth-order valence-corrected chi connectivity index (χ4v) is 3.31. The molecule has 2 unspecified atom stereocenters. The van der Waals surface area contributed by atoms with E-state index in [4.69, 9.17) is 0 Å². The van der Waals surface area contributed by atoms with Gasteiger partial charge in [0.05, 0.1) is 16.2 Å². The molecule has 0 saturated heterocycles. The summed E-state index contributed by atoms with van der Waals surface area (Å²) in [5.74, 6) is 0. The molecule has 0 aromatic carbocycles. The van der Waals surface area contributed by atoms with Crippen molar-refractivity contribution in [3.8, 4) is 0 Å². The first-order valence-corrected chi connectivity index (χ1v) is 9.51. The first kappa shape index (κ1) is 24.1. The van der Waals surface area contributed by atoms with Crippen LogP contribution in [0.1, 0.15) is 84.5 Å². The Labute approximate surface area is 153 Å². The van der Waals surface area contributed by atoms with Gasteiger partial charge < -0.3 is 9.66 Å². The van der Waals surface area contributed by atoms with Gasteiger partial charge in [0.25, 0.3) is 0 Å². The number of rotatable bonds is 13. The predicted molar refractivity (Wildman–Crippen MR) is 81.6 cm³/mol. The number of aliphatic hydroxyl groups excluding tert-OH is 1. The average Bonchev–Trinajstić information content (AvgIpc) is 2.37. The predicted octanol–water partition coefficient (Wildman–Crippen LogP) is 0.596. The van der Waals surface area contributed by atoms with Crippen LogP contribution in [0.2, 0.25) is 0 Å². The van der Waals surface area contributed by atoms with Crippen molar-refractivity contribution in [3.63, 3.8) is 0 Å². The van der Waals surface area contributed by atoms with E-state index in [0.717, 1.165) is 32.1 Å². The Bertz CT molecular complexity index is 320. The Morgan fingerprint density at radius 3 is 1.90 bits per heavy atom. The van der Waals surface area contributed by atoms with E-state index in [9.17, 15) is 18.1 Å². The van der Waals surface area contributed by atoms with E-state index in [0.29, 0.717) is 25.7 Å². The second kappa shape index (κ2) is 14.5. The van der Waals surface area contributed by atoms with Gasteiger partial charge in [0.15, 0.2) is 0 Å². The molecule has 21 heavy (non-hydrogen) atoms. The SMILES string of the molecule is CCCCCCC(O)CCCC(CCCC)S(=O)(=O)[O-].[Na+]. The monoisotopic (exact) mass is 330 g/mol. The number of hydrogen-bond acceptors (Lipinski definition) is 4. The molecule has 2 atom stereocenters. The number of hydrogen-bond donors (Lipinski definition) is 1. The van der Waals surface area contributed by atoms with Crippen molar-refractivity contribution in [2.75, 3.05) is 0 Å². The van der Waals surface area contributed by atoms with Crippen LogP contribution in [0.3, 0.4) is 0 Å². The maximum absolute atomic E-state index is 11.1. The molecule has 0 aliphatic carbocycles. The van der Waals surface area contributed by atoms with Crippen LogP contribution in [0.4, 0.5) is 0 Å². The topological polar surface area (TPSA) is 77.4 Å². The minimum Gasteiger partial charge on any atom is -0.748 e. The largest absolute Gasteiger partial charge is 1.00 e. The van der Waals surface area contributed by atoms with E-state index in [1.807, 2.05) is 6.92 Å². The first-order valence-electron chi connectivity index (χ1n) is 8.04. The van der Waals surface area contributed by atoms with Gasteiger partial charge in [-0.15, -0.1) is 0 Å². The van der Waals surface area contributed by atoms with Crippen molar-refractivity contribution < 1.29 is 47.6 Å². The van der Waals surface area contributed by atoms with Crippen molar-refractivity contribution in [2.45, 2.75) is 95.8 Å². The Morgan fingerprint density at radius 1 is 0.857 bits per heavy atom. The van der Waals surface area contributed by atoms with E-state index in [2.05, 4.69) is 6.92 Å². The first-order chi connectivity index (χ1) is 9.41. The molecule has 1 N–H and O–H groups in total. The van der Waals surface area contributed by atoms with Gasteiger partial charge in [0.2, 0.25) is 0 Å². The normalized spacial score (nSPS) is 14.5. The maximum Gasteiger partial charge on any atom is 1.00 e. The molecule has 0 aromatic rings. The molecule has 4 nitrogen and oxygen atoms in total. The average molecular weight is 330 g/mol. The molecule has 0 bridgehead atoms. The van der Waals surface area contributed by atoms with Crippen LogP contribution in [0.25, 0.3) is 0 Å². The van der Waals surface area contributed by atoms with Gasteiger partial charge in [-0.25, -0.2) is 8.42 Å². The molecule has 122 valence electrons. The Hall–Kier alpha value is 0.870. The molecule has 0 rings (SSSR count). The molecule has 0 heterocycles. The van der Waals surface area contributed by atoms with Gasteiger partial charge in [0, 0.05) is 5.25 Å². The zero-order valence-corrected chi connectivity index (χ0v) is 16.8. The molecule has 0 amide bonds. The third-order valence-electron chi connectivity index (χ3n) is 3.74. The number of unbranched alkanes of at least 4 members (excludes halogenated alkanes) is 4. The van der Waals surface area contributed by atoms with Crippen LogP contribution in [-0.2, 0) is 10.1 Å². The summed E-state index contributed by atoms with van der Waals surface area (Å²) in [7, 11) is -4.19. The molecule has 0 radical (unpaired) electrons. The van der Waals surface area contributed by atoms with Crippen LogP contribution >= 0.6 is 0 Å². The van der Waals surface area contributed by atoms with Crippen molar-refractivity contribution in [3.05, 3.63) is 0 Å². The summed E-state index contributed by atoms with van der Waals surface area (Å²) in [6, 6.07) is 0. The summed E-state index contributed by atoms with van der Waals surface area (Å²) in [6.07, 6.45) is 8.68. The Morgan fingerprint density at radius 2 is 1.38 bits per heavy atom. The molecular weight excluding hydrogens is 299 g/mol. The van der Waals surface area contributed by atoms with Gasteiger partial charge >= 0.3 is 29.6 Å². The smallest absolute Gasteiger partial charge is 0.748 e. The van der Waals surface area contributed by atoms with Gasteiger partial charge in [-0.3, -0.25) is 0 Å². The summed E-state index contributed by atoms with van der Waals surface area (Å²) < 4.78 is 33.4. The van der Waals surface area contributed by atoms with Gasteiger partial charge in [0.1, 0.15) is 0 Å².